The van der Waals surface area contributed by atoms with Crippen molar-refractivity contribution in [1.82, 2.24) is 13.9 Å². The van der Waals surface area contributed by atoms with E-state index in [4.69, 9.17) is 4.74 Å². The number of nitrogens with one attached hydrogen (secondary N) is 1. The minimum absolute atomic E-state index is 0.0494. The summed E-state index contributed by atoms with van der Waals surface area (Å²) in [5.41, 5.74) is -0.505. The van der Waals surface area contributed by atoms with Crippen LogP contribution in [0.5, 0.6) is 0 Å². The molecule has 4 bridgehead atoms. The summed E-state index contributed by atoms with van der Waals surface area (Å²) in [6.07, 6.45) is 7.36. The van der Waals surface area contributed by atoms with Crippen LogP contribution in [0.3, 0.4) is 0 Å². The number of nitrogens with zero attached hydrogens (tertiary/aromatic N) is 2. The number of ether oxygens (including phenoxy) is 1. The van der Waals surface area contributed by atoms with Gasteiger partial charge in [-0.2, -0.15) is 0 Å². The van der Waals surface area contributed by atoms with Crippen LogP contribution in [0, 0.1) is 17.8 Å². The minimum atomic E-state index is -3.77. The van der Waals surface area contributed by atoms with E-state index in [0.717, 1.165) is 37.0 Å². The van der Waals surface area contributed by atoms with Crippen molar-refractivity contribution in [2.45, 2.75) is 49.0 Å². The van der Waals surface area contributed by atoms with Gasteiger partial charge in [0.25, 0.3) is 0 Å². The zero-order valence-electron chi connectivity index (χ0n) is 18.0. The van der Waals surface area contributed by atoms with E-state index < -0.39 is 21.1 Å². The second-order valence-electron chi connectivity index (χ2n) is 9.73. The Morgan fingerprint density at radius 3 is 2.10 bits per heavy atom. The second-order valence-corrected chi connectivity index (χ2v) is 11.5. The molecule has 0 atom stereocenters. The van der Waals surface area contributed by atoms with Crippen LogP contribution in [0.4, 0.5) is 0 Å². The van der Waals surface area contributed by atoms with Crippen molar-refractivity contribution in [3.8, 4) is 0 Å². The molecule has 6 rings (SSSR count). The van der Waals surface area contributed by atoms with Gasteiger partial charge < -0.3 is 13.9 Å². The lowest BCUT2D eigenvalue weighted by Gasteiger charge is -2.56. The van der Waals surface area contributed by atoms with Gasteiger partial charge in [0, 0.05) is 20.6 Å². The van der Waals surface area contributed by atoms with Gasteiger partial charge in [-0.3, -0.25) is 9.59 Å². The van der Waals surface area contributed by atoms with E-state index in [1.54, 1.807) is 6.07 Å². The topological polar surface area (TPSA) is 99.4 Å². The Hall–Kier alpha value is -1.97. The molecular formula is C22H29N3O5S. The van der Waals surface area contributed by atoms with E-state index in [1.165, 1.54) is 54.6 Å². The summed E-state index contributed by atoms with van der Waals surface area (Å²) in [4.78, 5) is 24.1. The molecule has 4 aliphatic rings. The first-order valence-corrected chi connectivity index (χ1v) is 12.5. The predicted molar refractivity (Wildman–Crippen MR) is 116 cm³/mol. The Morgan fingerprint density at radius 1 is 0.968 bits per heavy atom. The minimum Gasteiger partial charge on any atom is -0.374 e. The molecule has 4 aliphatic carbocycles. The van der Waals surface area contributed by atoms with Crippen molar-refractivity contribution in [1.29, 1.82) is 0 Å². The first-order chi connectivity index (χ1) is 14.7. The van der Waals surface area contributed by atoms with E-state index in [1.807, 2.05) is 0 Å². The number of hydrogen-bond donors (Lipinski definition) is 1. The second kappa shape index (κ2) is 7.28. The van der Waals surface area contributed by atoms with E-state index in [2.05, 4.69) is 4.72 Å². The lowest BCUT2D eigenvalue weighted by atomic mass is 9.54. The van der Waals surface area contributed by atoms with Gasteiger partial charge in [0.1, 0.15) is 0 Å². The summed E-state index contributed by atoms with van der Waals surface area (Å²) in [5.74, 6) is 2.34. The maximum atomic E-state index is 12.8. The van der Waals surface area contributed by atoms with Gasteiger partial charge in [-0.15, -0.1) is 0 Å². The zero-order chi connectivity index (χ0) is 22.0. The summed E-state index contributed by atoms with van der Waals surface area (Å²) < 4.78 is 37.0. The van der Waals surface area contributed by atoms with E-state index in [-0.39, 0.29) is 17.0 Å². The molecular weight excluding hydrogens is 418 g/mol. The van der Waals surface area contributed by atoms with Gasteiger partial charge in [0.05, 0.1) is 28.1 Å². The molecule has 1 N–H and O–H groups in total. The molecule has 0 saturated heterocycles. The van der Waals surface area contributed by atoms with E-state index in [0.29, 0.717) is 17.6 Å². The third-order valence-electron chi connectivity index (χ3n) is 7.56. The van der Waals surface area contributed by atoms with Crippen LogP contribution in [0.2, 0.25) is 0 Å². The van der Waals surface area contributed by atoms with Crippen molar-refractivity contribution < 1.29 is 13.2 Å². The van der Waals surface area contributed by atoms with E-state index in [9.17, 15) is 18.0 Å². The fourth-order valence-electron chi connectivity index (χ4n) is 6.46. The van der Waals surface area contributed by atoms with Crippen LogP contribution < -0.4 is 15.8 Å². The monoisotopic (exact) mass is 447 g/mol. The molecule has 0 unspecified atom stereocenters. The number of sulfonamides is 1. The number of aryl methyl sites for hydroxylation is 2. The molecule has 31 heavy (non-hydrogen) atoms. The molecule has 0 radical (unpaired) electrons. The standard InChI is InChI=1S/C22H29N3O5S/c1-24-18-4-3-17(10-19(18)25(2)21(27)20(24)26)31(28,29)23-5-6-30-22-11-14-7-15(12-22)9-16(8-14)13-22/h3-4,10,14-16,23H,5-9,11-13H2,1-2H3. The lowest BCUT2D eigenvalue weighted by Crippen LogP contribution is -2.52. The molecule has 4 saturated carbocycles. The maximum absolute atomic E-state index is 12.8. The van der Waals surface area contributed by atoms with Gasteiger partial charge >= 0.3 is 11.1 Å². The Morgan fingerprint density at radius 2 is 1.52 bits per heavy atom. The van der Waals surface area contributed by atoms with Crippen molar-refractivity contribution >= 4 is 21.1 Å². The fourth-order valence-corrected chi connectivity index (χ4v) is 7.50. The van der Waals surface area contributed by atoms with Crippen molar-refractivity contribution in [3.63, 3.8) is 0 Å². The van der Waals surface area contributed by atoms with Crippen LogP contribution in [-0.4, -0.2) is 36.3 Å². The average molecular weight is 448 g/mol. The summed E-state index contributed by atoms with van der Waals surface area (Å²) >= 11 is 0. The maximum Gasteiger partial charge on any atom is 0.316 e. The van der Waals surface area contributed by atoms with Crippen LogP contribution in [-0.2, 0) is 28.9 Å². The molecule has 4 fully saturated rings. The first-order valence-electron chi connectivity index (χ1n) is 11.0. The fraction of sp³-hybridized carbons (Fsp3) is 0.636. The molecule has 0 aliphatic heterocycles. The quantitative estimate of drug-likeness (QED) is 0.534. The Kier molecular flexibility index (Phi) is 4.91. The Labute approximate surface area is 181 Å². The molecule has 1 aromatic heterocycles. The summed E-state index contributed by atoms with van der Waals surface area (Å²) in [5, 5.41) is 0. The third kappa shape index (κ3) is 3.56. The average Bonchev–Trinajstić information content (AvgIpc) is 2.72. The lowest BCUT2D eigenvalue weighted by molar-refractivity contribution is -0.160. The van der Waals surface area contributed by atoms with Gasteiger partial charge in [0.15, 0.2) is 0 Å². The molecule has 168 valence electrons. The number of aromatic nitrogens is 2. The molecule has 1 heterocycles. The molecule has 0 spiro atoms. The summed E-state index contributed by atoms with van der Waals surface area (Å²) in [7, 11) is -0.798. The molecule has 2 aromatic rings. The first kappa shape index (κ1) is 20.9. The normalized spacial score (nSPS) is 29.7. The third-order valence-corrected chi connectivity index (χ3v) is 9.02. The van der Waals surface area contributed by atoms with Gasteiger partial charge in [-0.1, -0.05) is 0 Å². The summed E-state index contributed by atoms with van der Waals surface area (Å²) in [6.45, 7) is 0.556. The number of benzene rings is 1. The van der Waals surface area contributed by atoms with Gasteiger partial charge in [0.2, 0.25) is 10.0 Å². The Balaban J connectivity index is 1.28. The largest absolute Gasteiger partial charge is 0.374 e. The van der Waals surface area contributed by atoms with Gasteiger partial charge in [-0.25, -0.2) is 13.1 Å². The Bertz CT molecular complexity index is 1230. The van der Waals surface area contributed by atoms with Crippen LogP contribution in [0.1, 0.15) is 38.5 Å². The van der Waals surface area contributed by atoms with Crippen LogP contribution >= 0.6 is 0 Å². The number of rotatable bonds is 6. The predicted octanol–water partition coefficient (Wildman–Crippen LogP) is 1.50. The zero-order valence-corrected chi connectivity index (χ0v) is 18.8. The highest BCUT2D eigenvalue weighted by Crippen LogP contribution is 2.57. The molecule has 8 nitrogen and oxygen atoms in total. The van der Waals surface area contributed by atoms with Gasteiger partial charge in [-0.05, 0) is 74.5 Å². The number of hydrogen-bond acceptors (Lipinski definition) is 5. The van der Waals surface area contributed by atoms with E-state index >= 15 is 0 Å². The molecule has 0 amide bonds. The highest BCUT2D eigenvalue weighted by molar-refractivity contribution is 7.89. The highest BCUT2D eigenvalue weighted by atomic mass is 32.2. The number of fused-ring (bicyclic) bond motifs is 1. The smallest absolute Gasteiger partial charge is 0.316 e. The highest BCUT2D eigenvalue weighted by Gasteiger charge is 2.51. The van der Waals surface area contributed by atoms with Crippen LogP contribution in [0.25, 0.3) is 11.0 Å². The van der Waals surface area contributed by atoms with Crippen molar-refractivity contribution in [2.75, 3.05) is 13.2 Å². The molecule has 9 heteroatoms. The SMILES string of the molecule is Cn1c(=O)c(=O)n(C)c2cc(S(=O)(=O)NCCOC34CC5CC(CC(C5)C3)C4)ccc21. The van der Waals surface area contributed by atoms with Crippen molar-refractivity contribution in [2.24, 2.45) is 31.8 Å². The molecule has 1 aromatic carbocycles. The van der Waals surface area contributed by atoms with Crippen molar-refractivity contribution in [3.05, 3.63) is 38.9 Å². The van der Waals surface area contributed by atoms with Crippen LogP contribution in [0.15, 0.2) is 32.7 Å². The summed E-state index contributed by atoms with van der Waals surface area (Å²) in [6, 6.07) is 4.43.